The predicted octanol–water partition coefficient (Wildman–Crippen LogP) is 5.28. The molecule has 0 aliphatic heterocycles. The third-order valence-corrected chi connectivity index (χ3v) is 6.09. The van der Waals surface area contributed by atoms with Crippen LogP contribution < -0.4 is 5.43 Å². The predicted molar refractivity (Wildman–Crippen MR) is 116 cm³/mol. The Labute approximate surface area is 172 Å². The summed E-state index contributed by atoms with van der Waals surface area (Å²) in [4.78, 5) is 24.8. The van der Waals surface area contributed by atoms with Gasteiger partial charge in [-0.05, 0) is 48.7 Å². The average Bonchev–Trinajstić information content (AvgIpc) is 2.70. The lowest BCUT2D eigenvalue weighted by molar-refractivity contribution is 0.0697. The van der Waals surface area contributed by atoms with E-state index in [-0.39, 0.29) is 16.4 Å². The average molecular weight is 415 g/mol. The van der Waals surface area contributed by atoms with E-state index in [9.17, 15) is 18.9 Å². The molecule has 0 radical (unpaired) electrons. The highest BCUT2D eigenvalue weighted by molar-refractivity contribution is 7.84. The standard InChI is InChI=1S/C23H26O5S/c1-3-4-5-6-7-8-9-15-12-18-21(24)17-14-16(23(25)26)10-11-19(17)28-22(18)20(13-15)29(2)27/h10-14H,3-9H2,1-2H3,(H,25,26). The number of carbonyl (C=O) groups is 1. The Balaban J connectivity index is 2.03. The topological polar surface area (TPSA) is 84.6 Å². The Morgan fingerprint density at radius 1 is 1.03 bits per heavy atom. The molecular formula is C23H26O5S. The van der Waals surface area contributed by atoms with Crippen LogP contribution in [0.4, 0.5) is 0 Å². The SMILES string of the molecule is CCCCCCCCc1cc(S(C)=O)c2oc3ccc(C(=O)O)cc3c(=O)c2c1. The van der Waals surface area contributed by atoms with Crippen LogP contribution in [-0.4, -0.2) is 21.5 Å². The number of carboxylic acids is 1. The van der Waals surface area contributed by atoms with Crippen molar-refractivity contribution in [2.75, 3.05) is 6.26 Å². The maximum absolute atomic E-state index is 13.1. The van der Waals surface area contributed by atoms with Crippen LogP contribution in [0.25, 0.3) is 21.9 Å². The summed E-state index contributed by atoms with van der Waals surface area (Å²) in [7, 11) is -1.32. The Bertz CT molecular complexity index is 1130. The van der Waals surface area contributed by atoms with Crippen LogP contribution in [0.15, 0.2) is 44.4 Å². The largest absolute Gasteiger partial charge is 0.478 e. The molecule has 154 valence electrons. The summed E-state index contributed by atoms with van der Waals surface area (Å²) >= 11 is 0. The zero-order valence-electron chi connectivity index (χ0n) is 16.8. The lowest BCUT2D eigenvalue weighted by Gasteiger charge is -2.09. The fraction of sp³-hybridized carbons (Fsp3) is 0.391. The van der Waals surface area contributed by atoms with Crippen molar-refractivity contribution in [1.82, 2.24) is 0 Å². The van der Waals surface area contributed by atoms with Crippen LogP contribution in [0.3, 0.4) is 0 Å². The molecule has 5 nitrogen and oxygen atoms in total. The van der Waals surface area contributed by atoms with E-state index in [0.717, 1.165) is 24.8 Å². The van der Waals surface area contributed by atoms with Gasteiger partial charge in [-0.1, -0.05) is 39.0 Å². The lowest BCUT2D eigenvalue weighted by atomic mass is 10.0. The van der Waals surface area contributed by atoms with Crippen LogP contribution in [-0.2, 0) is 17.2 Å². The van der Waals surface area contributed by atoms with Gasteiger partial charge in [0.25, 0.3) is 0 Å². The number of carboxylic acid groups (broad SMARTS) is 1. The molecule has 0 bridgehead atoms. The number of fused-ring (bicyclic) bond motifs is 2. The molecule has 0 spiro atoms. The van der Waals surface area contributed by atoms with Crippen molar-refractivity contribution in [3.8, 4) is 0 Å². The van der Waals surface area contributed by atoms with Gasteiger partial charge in [0.1, 0.15) is 5.58 Å². The number of rotatable bonds is 9. The van der Waals surface area contributed by atoms with Gasteiger partial charge in [0, 0.05) is 6.26 Å². The van der Waals surface area contributed by atoms with Crippen molar-refractivity contribution >= 4 is 38.7 Å². The molecule has 3 rings (SSSR count). The Hall–Kier alpha value is -2.47. The van der Waals surface area contributed by atoms with E-state index in [1.807, 2.05) is 6.07 Å². The second-order valence-electron chi connectivity index (χ2n) is 7.39. The lowest BCUT2D eigenvalue weighted by Crippen LogP contribution is -2.07. The van der Waals surface area contributed by atoms with Gasteiger partial charge in [-0.15, -0.1) is 0 Å². The first-order valence-corrected chi connectivity index (χ1v) is 11.6. The molecular weight excluding hydrogens is 388 g/mol. The minimum atomic E-state index is -1.32. The first-order valence-electron chi connectivity index (χ1n) is 10.0. The zero-order valence-corrected chi connectivity index (χ0v) is 17.6. The van der Waals surface area contributed by atoms with E-state index in [1.54, 1.807) is 12.3 Å². The van der Waals surface area contributed by atoms with Crippen molar-refractivity contribution in [3.63, 3.8) is 0 Å². The number of hydrogen-bond donors (Lipinski definition) is 1. The maximum atomic E-state index is 13.1. The van der Waals surface area contributed by atoms with Gasteiger partial charge >= 0.3 is 5.97 Å². The quantitative estimate of drug-likeness (QED) is 0.380. The van der Waals surface area contributed by atoms with Crippen molar-refractivity contribution in [3.05, 3.63) is 51.7 Å². The van der Waals surface area contributed by atoms with Crippen molar-refractivity contribution in [2.24, 2.45) is 0 Å². The molecule has 3 aromatic rings. The van der Waals surface area contributed by atoms with Crippen LogP contribution >= 0.6 is 0 Å². The number of aromatic carboxylic acids is 1. The smallest absolute Gasteiger partial charge is 0.335 e. The van der Waals surface area contributed by atoms with E-state index in [4.69, 9.17) is 4.42 Å². The van der Waals surface area contributed by atoms with Gasteiger partial charge in [0.15, 0.2) is 5.58 Å². The van der Waals surface area contributed by atoms with Gasteiger partial charge in [0.05, 0.1) is 32.0 Å². The van der Waals surface area contributed by atoms with Gasteiger partial charge in [-0.25, -0.2) is 4.79 Å². The van der Waals surface area contributed by atoms with Gasteiger partial charge in [-0.3, -0.25) is 9.00 Å². The van der Waals surface area contributed by atoms with E-state index in [1.165, 1.54) is 43.9 Å². The molecule has 0 fully saturated rings. The van der Waals surface area contributed by atoms with Crippen molar-refractivity contribution in [2.45, 2.75) is 56.8 Å². The summed E-state index contributed by atoms with van der Waals surface area (Å²) in [6.45, 7) is 2.19. The van der Waals surface area contributed by atoms with Gasteiger partial charge in [0.2, 0.25) is 5.43 Å². The van der Waals surface area contributed by atoms with E-state index in [2.05, 4.69) is 6.92 Å². The number of benzene rings is 2. The van der Waals surface area contributed by atoms with Gasteiger partial charge < -0.3 is 9.52 Å². The summed E-state index contributed by atoms with van der Waals surface area (Å²) in [5, 5.41) is 9.79. The van der Waals surface area contributed by atoms with Crippen LogP contribution in [0.1, 0.15) is 61.4 Å². The van der Waals surface area contributed by atoms with Crippen molar-refractivity contribution < 1.29 is 18.5 Å². The summed E-state index contributed by atoms with van der Waals surface area (Å²) in [6.07, 6.45) is 9.40. The molecule has 0 amide bonds. The van der Waals surface area contributed by atoms with E-state index in [0.29, 0.717) is 21.4 Å². The second-order valence-corrected chi connectivity index (χ2v) is 8.74. The maximum Gasteiger partial charge on any atom is 0.335 e. The highest BCUT2D eigenvalue weighted by Gasteiger charge is 2.16. The molecule has 2 aromatic carbocycles. The molecule has 0 aliphatic carbocycles. The zero-order chi connectivity index (χ0) is 21.0. The highest BCUT2D eigenvalue weighted by atomic mass is 32.2. The monoisotopic (exact) mass is 414 g/mol. The van der Waals surface area contributed by atoms with Crippen LogP contribution in [0.2, 0.25) is 0 Å². The number of aryl methyl sites for hydroxylation is 1. The highest BCUT2D eigenvalue weighted by Crippen LogP contribution is 2.27. The Kier molecular flexibility index (Phi) is 6.85. The number of unbranched alkanes of at least 4 members (excludes halogenated alkanes) is 5. The molecule has 0 saturated heterocycles. The molecule has 0 saturated carbocycles. The van der Waals surface area contributed by atoms with Crippen LogP contribution in [0, 0.1) is 0 Å². The first kappa shape index (κ1) is 21.2. The fourth-order valence-electron chi connectivity index (χ4n) is 3.59. The third kappa shape index (κ3) is 4.75. The summed E-state index contributed by atoms with van der Waals surface area (Å²) < 4.78 is 18.2. The third-order valence-electron chi connectivity index (χ3n) is 5.17. The second kappa shape index (κ2) is 9.35. The minimum absolute atomic E-state index is 0.0340. The molecule has 1 aromatic heterocycles. The normalized spacial score (nSPS) is 12.5. The molecule has 6 heteroatoms. The molecule has 29 heavy (non-hydrogen) atoms. The fourth-order valence-corrected chi connectivity index (χ4v) is 4.32. The molecule has 1 atom stereocenters. The van der Waals surface area contributed by atoms with E-state index < -0.39 is 16.8 Å². The molecule has 1 heterocycles. The Morgan fingerprint density at radius 3 is 2.45 bits per heavy atom. The van der Waals surface area contributed by atoms with Crippen LogP contribution in [0.5, 0.6) is 0 Å². The number of hydrogen-bond acceptors (Lipinski definition) is 4. The molecule has 1 unspecified atom stereocenters. The van der Waals surface area contributed by atoms with Gasteiger partial charge in [-0.2, -0.15) is 0 Å². The summed E-state index contributed by atoms with van der Waals surface area (Å²) in [6, 6.07) is 7.88. The molecule has 1 N–H and O–H groups in total. The first-order chi connectivity index (χ1) is 13.9. The summed E-state index contributed by atoms with van der Waals surface area (Å²) in [5.74, 6) is -1.10. The molecule has 0 aliphatic rings. The minimum Gasteiger partial charge on any atom is -0.478 e. The Morgan fingerprint density at radius 2 is 1.76 bits per heavy atom. The summed E-state index contributed by atoms with van der Waals surface area (Å²) in [5.41, 5.74) is 1.31. The van der Waals surface area contributed by atoms with Crippen molar-refractivity contribution in [1.29, 1.82) is 0 Å². The van der Waals surface area contributed by atoms with E-state index >= 15 is 0 Å².